The van der Waals surface area contributed by atoms with Gasteiger partial charge in [0.1, 0.15) is 5.75 Å². The van der Waals surface area contributed by atoms with E-state index >= 15 is 0 Å². The monoisotopic (exact) mass is 329 g/mol. The molecule has 0 saturated carbocycles. The molecule has 1 aromatic heterocycles. The maximum atomic E-state index is 12.6. The minimum absolute atomic E-state index is 0.0984. The molecule has 3 rings (SSSR count). The quantitative estimate of drug-likeness (QED) is 0.790. The average molecular weight is 329 g/mol. The fourth-order valence-electron chi connectivity index (χ4n) is 2.91. The highest BCUT2D eigenvalue weighted by molar-refractivity contribution is 5.62. The topological polar surface area (TPSA) is 76.4 Å². The van der Waals surface area contributed by atoms with Crippen LogP contribution in [0.15, 0.2) is 41.3 Å². The Morgan fingerprint density at radius 3 is 2.83 bits per heavy atom. The first-order valence-electron chi connectivity index (χ1n) is 8.42. The highest BCUT2D eigenvalue weighted by Crippen LogP contribution is 2.18. The zero-order chi connectivity index (χ0) is 16.8. The zero-order valence-electron chi connectivity index (χ0n) is 13.6. The van der Waals surface area contributed by atoms with Crippen molar-refractivity contribution in [3.8, 4) is 16.9 Å². The van der Waals surface area contributed by atoms with Crippen LogP contribution in [0.25, 0.3) is 11.1 Å². The average Bonchev–Trinajstić information content (AvgIpc) is 2.62. The van der Waals surface area contributed by atoms with Crippen LogP contribution in [0.1, 0.15) is 19.3 Å². The number of rotatable bonds is 6. The largest absolute Gasteiger partial charge is 0.508 e. The van der Waals surface area contributed by atoms with Crippen LogP contribution >= 0.6 is 0 Å². The molecule has 1 fully saturated rings. The van der Waals surface area contributed by atoms with Gasteiger partial charge in [-0.05, 0) is 43.0 Å². The molecule has 1 unspecified atom stereocenters. The number of ether oxygens (including phenoxy) is 1. The van der Waals surface area contributed by atoms with Crippen LogP contribution in [0.4, 0.5) is 0 Å². The number of unbranched alkanes of at least 4 members (excludes halogenated alkanes) is 1. The summed E-state index contributed by atoms with van der Waals surface area (Å²) in [7, 11) is 0. The summed E-state index contributed by atoms with van der Waals surface area (Å²) in [5.74, 6) is 0.188. The molecule has 1 aromatic carbocycles. The van der Waals surface area contributed by atoms with Crippen molar-refractivity contribution in [1.82, 2.24) is 15.1 Å². The molecule has 2 N–H and O–H groups in total. The highest BCUT2D eigenvalue weighted by atomic mass is 16.5. The van der Waals surface area contributed by atoms with Crippen molar-refractivity contribution >= 4 is 0 Å². The van der Waals surface area contributed by atoms with Crippen molar-refractivity contribution in [2.24, 2.45) is 0 Å². The number of morpholine rings is 1. The number of benzene rings is 1. The molecule has 6 heteroatoms. The van der Waals surface area contributed by atoms with Gasteiger partial charge in [-0.2, -0.15) is 5.10 Å². The van der Waals surface area contributed by atoms with Gasteiger partial charge in [0.2, 0.25) is 0 Å². The predicted molar refractivity (Wildman–Crippen MR) is 92.1 cm³/mol. The van der Waals surface area contributed by atoms with Gasteiger partial charge in [0.25, 0.3) is 5.56 Å². The molecule has 0 amide bonds. The van der Waals surface area contributed by atoms with E-state index in [1.54, 1.807) is 36.5 Å². The molecular formula is C18H23N3O3. The van der Waals surface area contributed by atoms with Crippen LogP contribution in [0, 0.1) is 0 Å². The van der Waals surface area contributed by atoms with E-state index in [1.165, 1.54) is 4.68 Å². The first-order valence-corrected chi connectivity index (χ1v) is 8.42. The second-order valence-electron chi connectivity index (χ2n) is 6.01. The molecule has 0 aliphatic carbocycles. The minimum Gasteiger partial charge on any atom is -0.508 e. The second-order valence-corrected chi connectivity index (χ2v) is 6.01. The van der Waals surface area contributed by atoms with Crippen LogP contribution in [-0.2, 0) is 11.3 Å². The van der Waals surface area contributed by atoms with Crippen molar-refractivity contribution in [3.05, 3.63) is 46.9 Å². The third-order valence-corrected chi connectivity index (χ3v) is 4.24. The van der Waals surface area contributed by atoms with Crippen LogP contribution in [-0.4, -0.2) is 40.7 Å². The van der Waals surface area contributed by atoms with Gasteiger partial charge in [-0.15, -0.1) is 0 Å². The van der Waals surface area contributed by atoms with Gasteiger partial charge in [0.05, 0.1) is 18.3 Å². The van der Waals surface area contributed by atoms with Gasteiger partial charge in [-0.3, -0.25) is 4.79 Å². The summed E-state index contributed by atoms with van der Waals surface area (Å²) >= 11 is 0. The predicted octanol–water partition coefficient (Wildman–Crippen LogP) is 1.77. The number of phenols is 1. The smallest absolute Gasteiger partial charge is 0.274 e. The molecule has 0 radical (unpaired) electrons. The van der Waals surface area contributed by atoms with Crippen molar-refractivity contribution in [1.29, 1.82) is 0 Å². The van der Waals surface area contributed by atoms with Crippen LogP contribution < -0.4 is 10.9 Å². The van der Waals surface area contributed by atoms with E-state index in [4.69, 9.17) is 4.74 Å². The Hall–Kier alpha value is -2.18. The van der Waals surface area contributed by atoms with Crippen molar-refractivity contribution in [2.75, 3.05) is 19.7 Å². The molecule has 1 aliphatic rings. The lowest BCUT2D eigenvalue weighted by atomic mass is 10.1. The lowest BCUT2D eigenvalue weighted by Gasteiger charge is -2.23. The number of nitrogens with one attached hydrogen (secondary N) is 1. The standard InChI is InChI=1S/C18H23N3O3/c22-15-6-4-14(5-7-15)17-8-9-20-21(18(17)23)11-2-1-3-16-13-19-10-12-24-16/h4-9,16,19,22H,1-3,10-13H2. The van der Waals surface area contributed by atoms with E-state index in [9.17, 15) is 9.90 Å². The maximum Gasteiger partial charge on any atom is 0.274 e. The number of phenolic OH excluding ortho intramolecular Hbond substituents is 1. The second kappa shape index (κ2) is 8.08. The number of aryl methyl sites for hydroxylation is 1. The lowest BCUT2D eigenvalue weighted by molar-refractivity contribution is 0.0219. The minimum atomic E-state index is -0.0984. The van der Waals surface area contributed by atoms with Crippen LogP contribution in [0.5, 0.6) is 5.75 Å². The number of nitrogens with zero attached hydrogens (tertiary/aromatic N) is 2. The molecule has 2 heterocycles. The Labute approximate surface area is 141 Å². The molecule has 24 heavy (non-hydrogen) atoms. The summed E-state index contributed by atoms with van der Waals surface area (Å²) in [6, 6.07) is 8.36. The summed E-state index contributed by atoms with van der Waals surface area (Å²) in [5.41, 5.74) is 1.29. The fourth-order valence-corrected chi connectivity index (χ4v) is 2.91. The SMILES string of the molecule is O=c1c(-c2ccc(O)cc2)ccnn1CCCCC1CNCCO1. The van der Waals surface area contributed by atoms with Crippen molar-refractivity contribution < 1.29 is 9.84 Å². The Morgan fingerprint density at radius 1 is 1.25 bits per heavy atom. The van der Waals surface area contributed by atoms with E-state index in [0.29, 0.717) is 12.1 Å². The van der Waals surface area contributed by atoms with Gasteiger partial charge in [0, 0.05) is 25.8 Å². The van der Waals surface area contributed by atoms with Crippen molar-refractivity contribution in [3.63, 3.8) is 0 Å². The molecule has 1 atom stereocenters. The normalized spacial score (nSPS) is 17.8. The molecule has 1 aliphatic heterocycles. The Kier molecular flexibility index (Phi) is 5.61. The molecular weight excluding hydrogens is 306 g/mol. The summed E-state index contributed by atoms with van der Waals surface area (Å²) in [5, 5.41) is 16.9. The fraction of sp³-hybridized carbons (Fsp3) is 0.444. The van der Waals surface area contributed by atoms with Gasteiger partial charge in [-0.1, -0.05) is 12.1 Å². The maximum absolute atomic E-state index is 12.6. The van der Waals surface area contributed by atoms with Gasteiger partial charge in [0.15, 0.2) is 0 Å². The number of aromatic hydroxyl groups is 1. The highest BCUT2D eigenvalue weighted by Gasteiger charge is 2.13. The molecule has 128 valence electrons. The molecule has 6 nitrogen and oxygen atoms in total. The first-order chi connectivity index (χ1) is 11.7. The van der Waals surface area contributed by atoms with Crippen LogP contribution in [0.2, 0.25) is 0 Å². The summed E-state index contributed by atoms with van der Waals surface area (Å²) in [6.45, 7) is 3.22. The van der Waals surface area contributed by atoms with Gasteiger partial charge in [-0.25, -0.2) is 4.68 Å². The summed E-state index contributed by atoms with van der Waals surface area (Å²) in [4.78, 5) is 12.6. The molecule has 1 saturated heterocycles. The van der Waals surface area contributed by atoms with E-state index in [2.05, 4.69) is 10.4 Å². The molecule has 0 spiro atoms. The lowest BCUT2D eigenvalue weighted by Crippen LogP contribution is -2.38. The number of aromatic nitrogens is 2. The van der Waals surface area contributed by atoms with E-state index in [-0.39, 0.29) is 17.4 Å². The first kappa shape index (κ1) is 16.7. The Morgan fingerprint density at radius 2 is 2.08 bits per heavy atom. The van der Waals surface area contributed by atoms with E-state index < -0.39 is 0 Å². The molecule has 0 bridgehead atoms. The number of hydrogen-bond donors (Lipinski definition) is 2. The van der Waals surface area contributed by atoms with Crippen molar-refractivity contribution in [2.45, 2.75) is 31.9 Å². The Balaban J connectivity index is 1.59. The van der Waals surface area contributed by atoms with E-state index in [0.717, 1.165) is 44.5 Å². The molecule has 2 aromatic rings. The van der Waals surface area contributed by atoms with Gasteiger partial charge >= 0.3 is 0 Å². The zero-order valence-corrected chi connectivity index (χ0v) is 13.6. The van der Waals surface area contributed by atoms with Crippen LogP contribution in [0.3, 0.4) is 0 Å². The summed E-state index contributed by atoms with van der Waals surface area (Å²) < 4.78 is 7.19. The third kappa shape index (κ3) is 4.21. The number of hydrogen-bond acceptors (Lipinski definition) is 5. The van der Waals surface area contributed by atoms with E-state index in [1.807, 2.05) is 0 Å². The van der Waals surface area contributed by atoms with Gasteiger partial charge < -0.3 is 15.2 Å². The summed E-state index contributed by atoms with van der Waals surface area (Å²) in [6.07, 6.45) is 4.83. The third-order valence-electron chi connectivity index (χ3n) is 4.24. The Bertz CT molecular complexity index is 706.